The van der Waals surface area contributed by atoms with Gasteiger partial charge in [0.05, 0.1) is 17.4 Å². The number of fused-ring (bicyclic) bond motifs is 3. The van der Waals surface area contributed by atoms with Crippen LogP contribution >= 0.6 is 0 Å². The van der Waals surface area contributed by atoms with Crippen LogP contribution in [0.3, 0.4) is 0 Å². The highest BCUT2D eigenvalue weighted by molar-refractivity contribution is 5.95. The van der Waals surface area contributed by atoms with E-state index >= 15 is 0 Å². The number of halogens is 2. The third kappa shape index (κ3) is 3.42. The standard InChI is InChI=1S/C24H24F2N4O/c1-24(2,3)22(18-6-4-5-9-27-18)28-23(31)20-16-11-13-10-15(13)21(16)30(29-20)19-8-7-14(25)12-17(19)26/h4-9,12-13,15,22H,10-11H2,1-3H3,(H,28,31)/t13-,15-,22+/m1/s1. The fraction of sp³-hybridized carbons (Fsp3) is 0.375. The van der Waals surface area contributed by atoms with Crippen LogP contribution in [-0.4, -0.2) is 20.7 Å². The van der Waals surface area contributed by atoms with Crippen LogP contribution in [0, 0.1) is 23.0 Å². The Kier molecular flexibility index (Phi) is 4.46. The highest BCUT2D eigenvalue weighted by Gasteiger charge is 2.50. The van der Waals surface area contributed by atoms with Gasteiger partial charge in [-0.15, -0.1) is 0 Å². The summed E-state index contributed by atoms with van der Waals surface area (Å²) in [5.74, 6) is -0.881. The van der Waals surface area contributed by atoms with Crippen LogP contribution in [0.5, 0.6) is 0 Å². The highest BCUT2D eigenvalue weighted by Crippen LogP contribution is 2.57. The SMILES string of the molecule is CC(C)(C)[C@@H](NC(=O)c1nn(-c2ccc(F)cc2F)c2c1C[C@H]1C[C@@H]21)c1ccccn1. The second-order valence-electron chi connectivity index (χ2n) is 9.55. The molecular weight excluding hydrogens is 398 g/mol. The molecule has 2 heterocycles. The van der Waals surface area contributed by atoms with Crippen LogP contribution in [-0.2, 0) is 6.42 Å². The van der Waals surface area contributed by atoms with E-state index in [-0.39, 0.29) is 29.0 Å². The Hall–Kier alpha value is -3.09. The highest BCUT2D eigenvalue weighted by atomic mass is 19.1. The first kappa shape index (κ1) is 19.8. The lowest BCUT2D eigenvalue weighted by molar-refractivity contribution is 0.0893. The molecule has 160 valence electrons. The van der Waals surface area contributed by atoms with Gasteiger partial charge in [0.2, 0.25) is 0 Å². The average molecular weight is 422 g/mol. The fourth-order valence-electron chi connectivity index (χ4n) is 4.62. The molecule has 1 saturated carbocycles. The molecule has 0 spiro atoms. The summed E-state index contributed by atoms with van der Waals surface area (Å²) in [6, 6.07) is 8.74. The molecular formula is C24H24F2N4O. The van der Waals surface area contributed by atoms with Gasteiger partial charge >= 0.3 is 0 Å². The van der Waals surface area contributed by atoms with E-state index < -0.39 is 11.6 Å². The zero-order chi connectivity index (χ0) is 21.9. The molecule has 5 nitrogen and oxygen atoms in total. The molecule has 2 aromatic heterocycles. The summed E-state index contributed by atoms with van der Waals surface area (Å²) in [7, 11) is 0. The van der Waals surface area contributed by atoms with Crippen molar-refractivity contribution in [2.75, 3.05) is 0 Å². The summed E-state index contributed by atoms with van der Waals surface area (Å²) < 4.78 is 29.5. The summed E-state index contributed by atoms with van der Waals surface area (Å²) in [4.78, 5) is 17.8. The van der Waals surface area contributed by atoms with E-state index in [1.54, 1.807) is 6.20 Å². The summed E-state index contributed by atoms with van der Waals surface area (Å²) in [6.45, 7) is 6.12. The molecule has 2 aliphatic carbocycles. The maximum Gasteiger partial charge on any atom is 0.272 e. The normalized spacial score (nSPS) is 20.2. The van der Waals surface area contributed by atoms with Crippen LogP contribution < -0.4 is 5.32 Å². The summed E-state index contributed by atoms with van der Waals surface area (Å²) in [5.41, 5.74) is 2.73. The number of nitrogens with zero attached hydrogens (tertiary/aromatic N) is 3. The largest absolute Gasteiger partial charge is 0.342 e. The Morgan fingerprint density at radius 1 is 1.23 bits per heavy atom. The van der Waals surface area contributed by atoms with Crippen LogP contribution in [0.1, 0.15) is 66.6 Å². The van der Waals surface area contributed by atoms with Gasteiger partial charge in [-0.1, -0.05) is 26.8 Å². The van der Waals surface area contributed by atoms with Crippen LogP contribution in [0.2, 0.25) is 0 Å². The number of pyridine rings is 1. The second kappa shape index (κ2) is 6.97. The van der Waals surface area contributed by atoms with E-state index in [4.69, 9.17) is 0 Å². The fourth-order valence-corrected chi connectivity index (χ4v) is 4.62. The molecule has 5 rings (SSSR count). The van der Waals surface area contributed by atoms with E-state index in [1.165, 1.54) is 16.8 Å². The predicted octanol–water partition coefficient (Wildman–Crippen LogP) is 4.72. The van der Waals surface area contributed by atoms with Gasteiger partial charge in [-0.3, -0.25) is 9.78 Å². The van der Waals surface area contributed by atoms with E-state index in [0.29, 0.717) is 11.6 Å². The molecule has 1 fully saturated rings. The predicted molar refractivity (Wildman–Crippen MR) is 112 cm³/mol. The van der Waals surface area contributed by atoms with Crippen LogP contribution in [0.15, 0.2) is 42.6 Å². The van der Waals surface area contributed by atoms with Gasteiger partial charge < -0.3 is 5.32 Å². The molecule has 0 aliphatic heterocycles. The molecule has 7 heteroatoms. The van der Waals surface area contributed by atoms with Gasteiger partial charge in [-0.25, -0.2) is 13.5 Å². The lowest BCUT2D eigenvalue weighted by Crippen LogP contribution is -2.37. The molecule has 0 unspecified atom stereocenters. The van der Waals surface area contributed by atoms with E-state index in [1.807, 2.05) is 39.0 Å². The van der Waals surface area contributed by atoms with E-state index in [0.717, 1.165) is 35.9 Å². The number of rotatable bonds is 4. The van der Waals surface area contributed by atoms with Crippen molar-refractivity contribution in [1.29, 1.82) is 0 Å². The van der Waals surface area contributed by atoms with Crippen molar-refractivity contribution in [3.05, 3.63) is 76.9 Å². The monoisotopic (exact) mass is 422 g/mol. The van der Waals surface area contributed by atoms with Crippen LogP contribution in [0.4, 0.5) is 8.78 Å². The first-order chi connectivity index (χ1) is 14.7. The van der Waals surface area contributed by atoms with Crippen molar-refractivity contribution in [3.8, 4) is 5.69 Å². The summed E-state index contributed by atoms with van der Waals surface area (Å²) in [6.07, 6.45) is 3.48. The minimum Gasteiger partial charge on any atom is -0.342 e. The Morgan fingerprint density at radius 2 is 2.03 bits per heavy atom. The molecule has 0 saturated heterocycles. The maximum absolute atomic E-state index is 14.5. The number of hydrogen-bond donors (Lipinski definition) is 1. The molecule has 3 atom stereocenters. The molecule has 31 heavy (non-hydrogen) atoms. The molecule has 1 N–H and O–H groups in total. The maximum atomic E-state index is 14.5. The lowest BCUT2D eigenvalue weighted by atomic mass is 9.84. The number of amides is 1. The van der Waals surface area contributed by atoms with Gasteiger partial charge in [-0.2, -0.15) is 5.10 Å². The molecule has 2 aliphatic rings. The van der Waals surface area contributed by atoms with Crippen molar-refractivity contribution >= 4 is 5.91 Å². The Labute approximate surface area is 179 Å². The van der Waals surface area contributed by atoms with Crippen LogP contribution in [0.25, 0.3) is 5.69 Å². The Bertz CT molecular complexity index is 1170. The van der Waals surface area contributed by atoms with E-state index in [2.05, 4.69) is 15.4 Å². The molecule has 0 bridgehead atoms. The van der Waals surface area contributed by atoms with Gasteiger partial charge in [-0.05, 0) is 48.4 Å². The lowest BCUT2D eigenvalue weighted by Gasteiger charge is -2.30. The number of carbonyl (C=O) groups is 1. The second-order valence-corrected chi connectivity index (χ2v) is 9.55. The average Bonchev–Trinajstić information content (AvgIpc) is 3.22. The Balaban J connectivity index is 1.54. The van der Waals surface area contributed by atoms with Crippen molar-refractivity contribution in [3.63, 3.8) is 0 Å². The summed E-state index contributed by atoms with van der Waals surface area (Å²) in [5, 5.41) is 7.63. The third-order valence-corrected chi connectivity index (χ3v) is 6.24. The number of hydrogen-bond acceptors (Lipinski definition) is 3. The third-order valence-electron chi connectivity index (χ3n) is 6.24. The zero-order valence-electron chi connectivity index (χ0n) is 17.7. The van der Waals surface area contributed by atoms with E-state index in [9.17, 15) is 13.6 Å². The molecule has 1 amide bonds. The van der Waals surface area contributed by atoms with Gasteiger partial charge in [0.1, 0.15) is 11.5 Å². The van der Waals surface area contributed by atoms with Gasteiger partial charge in [0.25, 0.3) is 5.91 Å². The molecule has 0 radical (unpaired) electrons. The van der Waals surface area contributed by atoms with Crippen molar-refractivity contribution in [2.24, 2.45) is 11.3 Å². The van der Waals surface area contributed by atoms with Gasteiger partial charge in [0, 0.05) is 23.7 Å². The summed E-state index contributed by atoms with van der Waals surface area (Å²) >= 11 is 0. The quantitative estimate of drug-likeness (QED) is 0.662. The first-order valence-corrected chi connectivity index (χ1v) is 10.5. The number of nitrogens with one attached hydrogen (secondary N) is 1. The van der Waals surface area contributed by atoms with Crippen molar-refractivity contribution in [1.82, 2.24) is 20.1 Å². The van der Waals surface area contributed by atoms with Gasteiger partial charge in [0.15, 0.2) is 11.5 Å². The zero-order valence-corrected chi connectivity index (χ0v) is 17.7. The number of aromatic nitrogens is 3. The number of carbonyl (C=O) groups excluding carboxylic acids is 1. The smallest absolute Gasteiger partial charge is 0.272 e. The number of benzene rings is 1. The Morgan fingerprint density at radius 3 is 2.71 bits per heavy atom. The molecule has 3 aromatic rings. The molecule has 1 aromatic carbocycles. The minimum atomic E-state index is -0.692. The topological polar surface area (TPSA) is 59.8 Å². The van der Waals surface area contributed by atoms with Crippen molar-refractivity contribution < 1.29 is 13.6 Å². The minimum absolute atomic E-state index is 0.168. The van der Waals surface area contributed by atoms with Crippen molar-refractivity contribution in [2.45, 2.75) is 45.6 Å². The first-order valence-electron chi connectivity index (χ1n) is 10.5.